The van der Waals surface area contributed by atoms with Gasteiger partial charge in [-0.15, -0.1) is 0 Å². The molecule has 0 saturated heterocycles. The Kier molecular flexibility index (Phi) is 4.47. The zero-order valence-corrected chi connectivity index (χ0v) is 14.6. The van der Waals surface area contributed by atoms with E-state index in [1.54, 1.807) is 23.8 Å². The van der Waals surface area contributed by atoms with Crippen LogP contribution in [0, 0.1) is 11.3 Å². The van der Waals surface area contributed by atoms with Crippen molar-refractivity contribution in [3.63, 3.8) is 0 Å². The van der Waals surface area contributed by atoms with Crippen molar-refractivity contribution in [1.29, 1.82) is 5.26 Å². The lowest BCUT2D eigenvalue weighted by Gasteiger charge is -2.11. The summed E-state index contributed by atoms with van der Waals surface area (Å²) in [4.78, 5) is 4.28. The normalized spacial score (nSPS) is 22.2. The van der Waals surface area contributed by atoms with Gasteiger partial charge in [0.05, 0.1) is 24.6 Å². The maximum Gasteiger partial charge on any atom is 0.161 e. The monoisotopic (exact) mass is 371 g/mol. The molecule has 3 heterocycles. The van der Waals surface area contributed by atoms with Gasteiger partial charge in [-0.05, 0) is 18.9 Å². The molecule has 4 rings (SSSR count). The van der Waals surface area contributed by atoms with Crippen molar-refractivity contribution in [2.75, 3.05) is 12.4 Å². The standard InChI is InChI=1S/C17H18FN7O2/c1-27-8-9-4-13-17(20-10(6-19)7-25(13)24-9)21-15-5-12(22-23-15)11-2-3-14(26)16(11)18/h4-5,7,11,14,16,26H,2-3,8H2,1H3,(H2,20,21,22,23)/t11-,14-,16+/m0/s1. The average molecular weight is 371 g/mol. The zero-order chi connectivity index (χ0) is 19.0. The maximum absolute atomic E-state index is 14.1. The highest BCUT2D eigenvalue weighted by atomic mass is 19.1. The number of fused-ring (bicyclic) bond motifs is 1. The van der Waals surface area contributed by atoms with Crippen LogP contribution in [0.25, 0.3) is 5.52 Å². The summed E-state index contributed by atoms with van der Waals surface area (Å²) in [7, 11) is 1.57. The number of methoxy groups -OCH3 is 1. The van der Waals surface area contributed by atoms with Crippen LogP contribution in [0.2, 0.25) is 0 Å². The summed E-state index contributed by atoms with van der Waals surface area (Å²) in [6, 6.07) is 5.50. The van der Waals surface area contributed by atoms with E-state index in [0.717, 1.165) is 0 Å². The van der Waals surface area contributed by atoms with E-state index in [9.17, 15) is 14.8 Å². The molecule has 1 saturated carbocycles. The molecule has 27 heavy (non-hydrogen) atoms. The minimum Gasteiger partial charge on any atom is -0.390 e. The number of nitriles is 1. The Hall–Kier alpha value is -3.03. The SMILES string of the molecule is COCc1cc2c(Nc3cc([C@@H]4CC[C@H](O)[C@@H]4F)[nH]n3)nc(C#N)cn2n1. The Bertz CT molecular complexity index is 1010. The van der Waals surface area contributed by atoms with E-state index < -0.39 is 18.2 Å². The molecule has 0 aliphatic heterocycles. The van der Waals surface area contributed by atoms with Gasteiger partial charge in [-0.1, -0.05) is 0 Å². The molecule has 3 N–H and O–H groups in total. The van der Waals surface area contributed by atoms with Crippen LogP contribution in [0.5, 0.6) is 0 Å². The summed E-state index contributed by atoms with van der Waals surface area (Å²) >= 11 is 0. The first-order valence-corrected chi connectivity index (χ1v) is 8.52. The van der Waals surface area contributed by atoms with E-state index in [0.29, 0.717) is 48.0 Å². The fourth-order valence-corrected chi connectivity index (χ4v) is 3.38. The van der Waals surface area contributed by atoms with E-state index in [1.807, 2.05) is 6.07 Å². The van der Waals surface area contributed by atoms with E-state index >= 15 is 0 Å². The second-order valence-corrected chi connectivity index (χ2v) is 6.51. The quantitative estimate of drug-likeness (QED) is 0.624. The van der Waals surface area contributed by atoms with Crippen LogP contribution in [0.4, 0.5) is 16.0 Å². The number of aliphatic hydroxyl groups excluding tert-OH is 1. The van der Waals surface area contributed by atoms with Crippen molar-refractivity contribution in [2.24, 2.45) is 0 Å². The molecule has 0 aromatic carbocycles. The van der Waals surface area contributed by atoms with E-state index in [-0.39, 0.29) is 5.69 Å². The number of anilines is 2. The van der Waals surface area contributed by atoms with Crippen LogP contribution in [0.3, 0.4) is 0 Å². The molecule has 3 atom stereocenters. The number of nitrogens with one attached hydrogen (secondary N) is 2. The third-order valence-corrected chi connectivity index (χ3v) is 4.68. The van der Waals surface area contributed by atoms with Crippen molar-refractivity contribution in [1.82, 2.24) is 24.8 Å². The van der Waals surface area contributed by atoms with Gasteiger partial charge in [0.2, 0.25) is 0 Å². The molecule has 1 aliphatic rings. The zero-order valence-electron chi connectivity index (χ0n) is 14.6. The van der Waals surface area contributed by atoms with E-state index in [1.165, 1.54) is 6.20 Å². The molecule has 0 bridgehead atoms. The first kappa shape index (κ1) is 17.4. The summed E-state index contributed by atoms with van der Waals surface area (Å²) in [5.74, 6) is 0.438. The van der Waals surface area contributed by atoms with Crippen molar-refractivity contribution in [3.8, 4) is 6.07 Å². The Morgan fingerprint density at radius 3 is 3.04 bits per heavy atom. The van der Waals surface area contributed by atoms with Gasteiger partial charge in [0.1, 0.15) is 17.8 Å². The molecular formula is C17H18FN7O2. The summed E-state index contributed by atoms with van der Waals surface area (Å²) in [6.45, 7) is 0.331. The van der Waals surface area contributed by atoms with Crippen LogP contribution in [0.1, 0.15) is 35.8 Å². The first-order valence-electron chi connectivity index (χ1n) is 8.52. The number of hydrogen-bond donors (Lipinski definition) is 3. The van der Waals surface area contributed by atoms with Gasteiger partial charge < -0.3 is 15.2 Å². The van der Waals surface area contributed by atoms with Crippen molar-refractivity contribution >= 4 is 17.2 Å². The molecule has 3 aromatic heterocycles. The predicted molar refractivity (Wildman–Crippen MR) is 93.2 cm³/mol. The Labute approximate surface area is 153 Å². The van der Waals surface area contributed by atoms with Crippen molar-refractivity contribution in [2.45, 2.75) is 37.6 Å². The maximum atomic E-state index is 14.1. The molecule has 140 valence electrons. The predicted octanol–water partition coefficient (Wildman–Crippen LogP) is 1.79. The minimum absolute atomic E-state index is 0.190. The Morgan fingerprint density at radius 2 is 2.33 bits per heavy atom. The number of ether oxygens (including phenoxy) is 1. The van der Waals surface area contributed by atoms with E-state index in [2.05, 4.69) is 25.6 Å². The van der Waals surface area contributed by atoms with E-state index in [4.69, 9.17) is 4.74 Å². The van der Waals surface area contributed by atoms with Gasteiger partial charge in [0.15, 0.2) is 17.3 Å². The van der Waals surface area contributed by atoms with Gasteiger partial charge in [0.25, 0.3) is 0 Å². The molecule has 0 spiro atoms. The number of hydrogen-bond acceptors (Lipinski definition) is 7. The second kappa shape index (κ2) is 6.94. The third-order valence-electron chi connectivity index (χ3n) is 4.68. The minimum atomic E-state index is -1.31. The highest BCUT2D eigenvalue weighted by Gasteiger charge is 2.37. The highest BCUT2D eigenvalue weighted by molar-refractivity contribution is 5.73. The first-order chi connectivity index (χ1) is 13.1. The lowest BCUT2D eigenvalue weighted by molar-refractivity contribution is 0.0959. The van der Waals surface area contributed by atoms with Crippen molar-refractivity contribution in [3.05, 3.63) is 35.4 Å². The number of H-pyrrole nitrogens is 1. The molecule has 3 aromatic rings. The second-order valence-electron chi connectivity index (χ2n) is 6.51. The topological polar surface area (TPSA) is 124 Å². The number of alkyl halides is 1. The molecule has 0 radical (unpaired) electrons. The summed E-state index contributed by atoms with van der Waals surface area (Å²) in [5.41, 5.74) is 2.16. The van der Waals surface area contributed by atoms with Gasteiger partial charge in [0, 0.05) is 24.8 Å². The Balaban J connectivity index is 1.64. The summed E-state index contributed by atoms with van der Waals surface area (Å²) < 4.78 is 20.7. The molecule has 0 amide bonds. The Morgan fingerprint density at radius 1 is 1.48 bits per heavy atom. The van der Waals surface area contributed by atoms with Crippen LogP contribution < -0.4 is 5.32 Å². The average Bonchev–Trinajstić information content (AvgIpc) is 3.35. The van der Waals surface area contributed by atoms with Crippen LogP contribution in [0.15, 0.2) is 18.3 Å². The molecular weight excluding hydrogens is 353 g/mol. The number of rotatable bonds is 5. The number of halogens is 1. The smallest absolute Gasteiger partial charge is 0.161 e. The van der Waals surface area contributed by atoms with Crippen molar-refractivity contribution < 1.29 is 14.2 Å². The molecule has 10 heteroatoms. The van der Waals surface area contributed by atoms with Gasteiger partial charge in [-0.3, -0.25) is 5.10 Å². The molecule has 0 unspecified atom stereocenters. The largest absolute Gasteiger partial charge is 0.390 e. The lowest BCUT2D eigenvalue weighted by Crippen LogP contribution is -2.19. The number of nitrogens with zero attached hydrogens (tertiary/aromatic N) is 5. The van der Waals surface area contributed by atoms with Gasteiger partial charge in [-0.2, -0.15) is 15.5 Å². The number of aromatic amines is 1. The highest BCUT2D eigenvalue weighted by Crippen LogP contribution is 2.37. The lowest BCUT2D eigenvalue weighted by atomic mass is 10.0. The van der Waals surface area contributed by atoms with Crippen LogP contribution in [-0.4, -0.2) is 49.3 Å². The molecule has 1 aliphatic carbocycles. The fraction of sp³-hybridized carbons (Fsp3) is 0.412. The van der Waals surface area contributed by atoms with Gasteiger partial charge >= 0.3 is 0 Å². The molecule has 1 fully saturated rings. The third kappa shape index (κ3) is 3.22. The van der Waals surface area contributed by atoms with Gasteiger partial charge in [-0.25, -0.2) is 13.9 Å². The van der Waals surface area contributed by atoms with Crippen LogP contribution in [-0.2, 0) is 11.3 Å². The summed E-state index contributed by atoms with van der Waals surface area (Å²) in [6.07, 6.45) is 0.270. The fourth-order valence-electron chi connectivity index (χ4n) is 3.38. The van der Waals surface area contributed by atoms with Crippen LogP contribution >= 0.6 is 0 Å². The summed E-state index contributed by atoms with van der Waals surface area (Å²) in [5, 5.41) is 33.2. The number of aromatic nitrogens is 5. The number of aliphatic hydroxyl groups is 1. The molecule has 9 nitrogen and oxygen atoms in total.